The van der Waals surface area contributed by atoms with Gasteiger partial charge in [-0.05, 0) is 36.2 Å². The summed E-state index contributed by atoms with van der Waals surface area (Å²) in [4.78, 5) is 23.1. The highest BCUT2D eigenvalue weighted by Crippen LogP contribution is 2.24. The number of halogens is 2. The number of hydrogen-bond acceptors (Lipinski definition) is 4. The molecule has 0 heterocycles. The monoisotopic (exact) mass is 407 g/mol. The van der Waals surface area contributed by atoms with Crippen molar-refractivity contribution in [3.05, 3.63) is 63.6 Å². The Morgan fingerprint density at radius 1 is 1.11 bits per heavy atom. The Morgan fingerprint density at radius 2 is 1.89 bits per heavy atom. The van der Waals surface area contributed by atoms with Gasteiger partial charge >= 0.3 is 11.8 Å². The van der Waals surface area contributed by atoms with Crippen molar-refractivity contribution in [3.8, 4) is 5.75 Å². The number of benzene rings is 2. The summed E-state index contributed by atoms with van der Waals surface area (Å²) in [5.41, 5.74) is 3.69. The molecule has 2 aromatic carbocycles. The van der Waals surface area contributed by atoms with Crippen LogP contribution in [-0.2, 0) is 16.2 Å². The average molecular weight is 408 g/mol. The minimum atomic E-state index is -0.825. The molecule has 0 radical (unpaired) electrons. The molecule has 2 amide bonds. The van der Waals surface area contributed by atoms with E-state index in [1.165, 1.54) is 6.21 Å². The van der Waals surface area contributed by atoms with Crippen molar-refractivity contribution in [3.63, 3.8) is 0 Å². The average Bonchev–Trinajstić information content (AvgIpc) is 2.67. The molecule has 6 nitrogen and oxygen atoms in total. The van der Waals surface area contributed by atoms with Crippen LogP contribution in [0.15, 0.2) is 47.6 Å². The Labute approximate surface area is 167 Å². The van der Waals surface area contributed by atoms with Gasteiger partial charge < -0.3 is 10.1 Å². The quantitative estimate of drug-likeness (QED) is 0.418. The van der Waals surface area contributed by atoms with E-state index in [0.29, 0.717) is 27.9 Å². The highest BCUT2D eigenvalue weighted by Gasteiger charge is 2.11. The second-order valence-corrected chi connectivity index (χ2v) is 6.34. The molecule has 0 fully saturated rings. The lowest BCUT2D eigenvalue weighted by Gasteiger charge is -2.09. The van der Waals surface area contributed by atoms with Crippen LogP contribution in [0, 0.1) is 0 Å². The molecule has 142 valence electrons. The predicted molar refractivity (Wildman–Crippen MR) is 106 cm³/mol. The fourth-order valence-electron chi connectivity index (χ4n) is 2.04. The Hall–Kier alpha value is -2.57. The second kappa shape index (κ2) is 10.5. The smallest absolute Gasteiger partial charge is 0.329 e. The molecule has 2 rings (SSSR count). The van der Waals surface area contributed by atoms with Gasteiger partial charge in [-0.2, -0.15) is 5.10 Å². The molecule has 0 aliphatic heterocycles. The van der Waals surface area contributed by atoms with E-state index >= 15 is 0 Å². The van der Waals surface area contributed by atoms with Gasteiger partial charge in [0.2, 0.25) is 0 Å². The number of carbonyl (C=O) groups is 2. The number of ether oxygens (including phenoxy) is 1. The lowest BCUT2D eigenvalue weighted by Crippen LogP contribution is -2.38. The second-order valence-electron chi connectivity index (χ2n) is 5.53. The predicted octanol–water partition coefficient (Wildman–Crippen LogP) is 3.55. The van der Waals surface area contributed by atoms with Crippen molar-refractivity contribution >= 4 is 41.2 Å². The number of rotatable bonds is 7. The molecule has 2 aromatic rings. The lowest BCUT2D eigenvalue weighted by molar-refractivity contribution is -0.139. The largest absolute Gasteiger partial charge is 0.488 e. The molecular formula is C19H19Cl2N3O3. The van der Waals surface area contributed by atoms with Crippen LogP contribution in [-0.4, -0.2) is 24.6 Å². The molecule has 0 bridgehead atoms. The minimum absolute atomic E-state index is 0.285. The molecule has 2 N–H and O–H groups in total. The van der Waals surface area contributed by atoms with Gasteiger partial charge in [-0.1, -0.05) is 48.3 Å². The van der Waals surface area contributed by atoms with Crippen LogP contribution < -0.4 is 15.5 Å². The summed E-state index contributed by atoms with van der Waals surface area (Å²) in [6.07, 6.45) is 2.15. The van der Waals surface area contributed by atoms with Gasteiger partial charge in [0.25, 0.3) is 0 Å². The summed E-state index contributed by atoms with van der Waals surface area (Å²) in [6.45, 7) is 2.61. The van der Waals surface area contributed by atoms with Crippen molar-refractivity contribution in [2.45, 2.75) is 20.0 Å². The molecule has 8 heteroatoms. The van der Waals surface area contributed by atoms with Crippen LogP contribution in [0.5, 0.6) is 5.75 Å². The number of hydrogen-bond donors (Lipinski definition) is 2. The Kier molecular flexibility index (Phi) is 8.10. The lowest BCUT2D eigenvalue weighted by atomic mass is 10.2. The first-order valence-electron chi connectivity index (χ1n) is 8.28. The molecule has 27 heavy (non-hydrogen) atoms. The van der Waals surface area contributed by atoms with E-state index < -0.39 is 11.8 Å². The first kappa shape index (κ1) is 20.7. The number of amides is 2. The van der Waals surface area contributed by atoms with E-state index in [1.54, 1.807) is 24.3 Å². The van der Waals surface area contributed by atoms with Crippen molar-refractivity contribution in [1.82, 2.24) is 10.7 Å². The van der Waals surface area contributed by atoms with Crippen molar-refractivity contribution < 1.29 is 14.3 Å². The first-order chi connectivity index (χ1) is 13.0. The summed E-state index contributed by atoms with van der Waals surface area (Å²) in [7, 11) is 0. The van der Waals surface area contributed by atoms with Gasteiger partial charge in [-0.15, -0.1) is 0 Å². The highest BCUT2D eigenvalue weighted by molar-refractivity contribution is 6.42. The van der Waals surface area contributed by atoms with Crippen molar-refractivity contribution in [2.24, 2.45) is 5.10 Å². The third-order valence-electron chi connectivity index (χ3n) is 3.41. The highest BCUT2D eigenvalue weighted by atomic mass is 35.5. The summed E-state index contributed by atoms with van der Waals surface area (Å²) in [5, 5.41) is 7.21. The molecule has 0 atom stereocenters. The topological polar surface area (TPSA) is 79.8 Å². The van der Waals surface area contributed by atoms with Crippen LogP contribution in [0.25, 0.3) is 0 Å². The molecule has 0 saturated carbocycles. The molecule has 0 saturated heterocycles. The number of nitrogens with one attached hydrogen (secondary N) is 2. The number of hydrazone groups is 1. The summed E-state index contributed by atoms with van der Waals surface area (Å²) in [6, 6.07) is 12.4. The van der Waals surface area contributed by atoms with E-state index in [-0.39, 0.29) is 6.61 Å². The zero-order chi connectivity index (χ0) is 19.6. The van der Waals surface area contributed by atoms with Gasteiger partial charge in [0.1, 0.15) is 12.4 Å². The van der Waals surface area contributed by atoms with Gasteiger partial charge in [-0.3, -0.25) is 9.59 Å². The van der Waals surface area contributed by atoms with E-state index in [0.717, 1.165) is 12.0 Å². The standard InChI is InChI=1S/C19H19Cl2N3O3/c1-2-9-22-18(25)19(26)24-23-11-14-5-3-4-6-17(14)27-12-13-7-8-15(20)16(21)10-13/h3-8,10-11H,2,9,12H2,1H3,(H,22,25)(H,24,26)/b23-11-. The maximum atomic E-state index is 11.6. The Morgan fingerprint density at radius 3 is 2.63 bits per heavy atom. The molecule has 0 aliphatic carbocycles. The normalized spacial score (nSPS) is 10.6. The van der Waals surface area contributed by atoms with Crippen LogP contribution in [0.2, 0.25) is 10.0 Å². The fourth-order valence-corrected chi connectivity index (χ4v) is 2.36. The molecule has 0 aromatic heterocycles. The van der Waals surface area contributed by atoms with E-state index in [1.807, 2.05) is 25.1 Å². The minimum Gasteiger partial charge on any atom is -0.488 e. The molecule has 0 unspecified atom stereocenters. The van der Waals surface area contributed by atoms with E-state index in [9.17, 15) is 9.59 Å². The third kappa shape index (κ3) is 6.58. The van der Waals surface area contributed by atoms with Crippen LogP contribution in [0.3, 0.4) is 0 Å². The van der Waals surface area contributed by atoms with Crippen LogP contribution in [0.1, 0.15) is 24.5 Å². The van der Waals surface area contributed by atoms with Crippen molar-refractivity contribution in [1.29, 1.82) is 0 Å². The van der Waals surface area contributed by atoms with E-state index in [4.69, 9.17) is 27.9 Å². The summed E-state index contributed by atoms with van der Waals surface area (Å²) in [5.74, 6) is -0.982. The van der Waals surface area contributed by atoms with E-state index in [2.05, 4.69) is 15.8 Å². The van der Waals surface area contributed by atoms with Gasteiger partial charge in [-0.25, -0.2) is 5.43 Å². The van der Waals surface area contributed by atoms with Gasteiger partial charge in [0.05, 0.1) is 16.3 Å². The summed E-state index contributed by atoms with van der Waals surface area (Å²) >= 11 is 11.9. The number of para-hydroxylation sites is 1. The number of carbonyl (C=O) groups excluding carboxylic acids is 2. The van der Waals surface area contributed by atoms with Gasteiger partial charge in [0, 0.05) is 12.1 Å². The first-order valence-corrected chi connectivity index (χ1v) is 9.04. The third-order valence-corrected chi connectivity index (χ3v) is 4.15. The maximum Gasteiger partial charge on any atom is 0.329 e. The fraction of sp³-hybridized carbons (Fsp3) is 0.211. The Balaban J connectivity index is 1.97. The zero-order valence-electron chi connectivity index (χ0n) is 14.7. The molecular weight excluding hydrogens is 389 g/mol. The van der Waals surface area contributed by atoms with Crippen molar-refractivity contribution in [2.75, 3.05) is 6.54 Å². The SMILES string of the molecule is CCCNC(=O)C(=O)N/N=C\c1ccccc1OCc1ccc(Cl)c(Cl)c1. The molecule has 0 spiro atoms. The van der Waals surface area contributed by atoms with Crippen LogP contribution >= 0.6 is 23.2 Å². The number of nitrogens with zero attached hydrogens (tertiary/aromatic N) is 1. The molecule has 0 aliphatic rings. The summed E-state index contributed by atoms with van der Waals surface area (Å²) < 4.78 is 5.79. The maximum absolute atomic E-state index is 11.6. The Bertz CT molecular complexity index is 841. The van der Waals surface area contributed by atoms with Crippen LogP contribution in [0.4, 0.5) is 0 Å². The van der Waals surface area contributed by atoms with Gasteiger partial charge in [0.15, 0.2) is 0 Å². The zero-order valence-corrected chi connectivity index (χ0v) is 16.2.